The molecule has 4 aliphatic rings. The molecule has 4 fully saturated rings. The number of nitrogens with zero attached hydrogens (tertiary/aromatic N) is 4. The van der Waals surface area contributed by atoms with Crippen molar-refractivity contribution in [1.82, 2.24) is 51.5 Å². The number of aliphatic hydroxyl groups excluding tert-OH is 1. The minimum atomic E-state index is -1.48. The lowest BCUT2D eigenvalue weighted by atomic mass is 10.0. The van der Waals surface area contributed by atoms with Crippen molar-refractivity contribution in [3.8, 4) is 5.75 Å². The fraction of sp³-hybridized carbons (Fsp3) is 0.538. The van der Waals surface area contributed by atoms with Crippen LogP contribution in [0.15, 0.2) is 54.6 Å². The highest BCUT2D eigenvalue weighted by Gasteiger charge is 2.42. The molecule has 27 nitrogen and oxygen atoms in total. The van der Waals surface area contributed by atoms with Gasteiger partial charge in [0.15, 0.2) is 0 Å². The standard InChI is InChI=1S/C52H69N11O16/c53-33(29-64)48(74)60-20-4-10-37(60)45(71)55-27-42(67)58-35(24-30-8-2-1-3-9-30)50(76)62-22-6-12-39(62)47(73)54-26-41(66)57-34(18-19-44(69)70)49(75)61-21-5-11-38(61)46(72)56-28-43(68)59-36(25-31-14-16-32(65)17-15-31)51(77)63-23-7-13-40(63)52(78)79/h1-3,8-9,14-17,33-40,64-65H,4-7,10-13,18-29,53H2,(H,54,73)(H,55,71)(H,56,72)(H,57,66)(H,58,67)(H,59,68)(H,69,70)(H,78,79)/t33-,34-,35-,36-,37-,38-,39-,40-/m0/s1. The smallest absolute Gasteiger partial charge is 0.326 e. The number of amides is 10. The second-order valence-corrected chi connectivity index (χ2v) is 19.9. The Morgan fingerprint density at radius 1 is 0.506 bits per heavy atom. The van der Waals surface area contributed by atoms with Gasteiger partial charge in [-0.2, -0.15) is 0 Å². The zero-order valence-corrected chi connectivity index (χ0v) is 43.5. The molecule has 428 valence electrons. The minimum Gasteiger partial charge on any atom is -0.508 e. The summed E-state index contributed by atoms with van der Waals surface area (Å²) in [4.78, 5) is 164. The summed E-state index contributed by atoms with van der Waals surface area (Å²) in [6.07, 6.45) is 1.43. The molecule has 8 atom stereocenters. The third-order valence-corrected chi connectivity index (χ3v) is 14.3. The summed E-state index contributed by atoms with van der Waals surface area (Å²) in [7, 11) is 0. The van der Waals surface area contributed by atoms with Gasteiger partial charge in [-0.05, 0) is 81.0 Å². The van der Waals surface area contributed by atoms with Crippen LogP contribution in [-0.2, 0) is 70.4 Å². The van der Waals surface area contributed by atoms with Gasteiger partial charge in [0.25, 0.3) is 0 Å². The van der Waals surface area contributed by atoms with E-state index in [0.29, 0.717) is 43.2 Å². The molecule has 0 bridgehead atoms. The first-order valence-electron chi connectivity index (χ1n) is 26.3. The number of aromatic hydroxyl groups is 1. The molecule has 10 amide bonds. The third kappa shape index (κ3) is 16.4. The number of aliphatic hydroxyl groups is 1. The first-order valence-corrected chi connectivity index (χ1v) is 26.3. The first-order chi connectivity index (χ1) is 37.8. The number of aliphatic carboxylic acids is 2. The lowest BCUT2D eigenvalue weighted by Gasteiger charge is -2.30. The monoisotopic (exact) mass is 1100 g/mol. The molecule has 0 saturated carbocycles. The van der Waals surface area contributed by atoms with Gasteiger partial charge in [-0.15, -0.1) is 0 Å². The van der Waals surface area contributed by atoms with Gasteiger partial charge >= 0.3 is 11.9 Å². The Kier molecular flexibility index (Phi) is 21.6. The minimum absolute atomic E-state index is 0.000354. The Balaban J connectivity index is 1.03. The Morgan fingerprint density at radius 2 is 0.873 bits per heavy atom. The molecule has 6 rings (SSSR count). The van der Waals surface area contributed by atoms with E-state index >= 15 is 0 Å². The molecule has 4 saturated heterocycles. The maximum absolute atomic E-state index is 14.2. The molecule has 0 unspecified atom stereocenters. The second-order valence-electron chi connectivity index (χ2n) is 19.9. The van der Waals surface area contributed by atoms with Gasteiger partial charge in [0.05, 0.1) is 26.2 Å². The number of nitrogens with two attached hydrogens (primary N) is 1. The molecule has 2 aromatic carbocycles. The Hall–Kier alpha value is -8.20. The van der Waals surface area contributed by atoms with Crippen molar-refractivity contribution in [3.05, 3.63) is 65.7 Å². The number of nitrogens with one attached hydrogen (secondary N) is 6. The summed E-state index contributed by atoms with van der Waals surface area (Å²) in [5.74, 6) is -9.79. The highest BCUT2D eigenvalue weighted by Crippen LogP contribution is 2.24. The average Bonchev–Trinajstić information content (AvgIpc) is 4.32. The Labute approximate surface area is 454 Å². The highest BCUT2D eigenvalue weighted by atomic mass is 16.4. The fourth-order valence-corrected chi connectivity index (χ4v) is 10.3. The summed E-state index contributed by atoms with van der Waals surface area (Å²) in [5, 5.41) is 53.5. The lowest BCUT2D eigenvalue weighted by molar-refractivity contribution is -0.149. The number of likely N-dealkylation sites (tertiary alicyclic amines) is 4. The Bertz CT molecular complexity index is 2590. The van der Waals surface area contributed by atoms with E-state index in [2.05, 4.69) is 31.9 Å². The number of carbonyl (C=O) groups is 12. The maximum Gasteiger partial charge on any atom is 0.326 e. The quantitative estimate of drug-likeness (QED) is 0.0454. The number of hydrogen-bond acceptors (Lipinski definition) is 15. The number of phenols is 1. The summed E-state index contributed by atoms with van der Waals surface area (Å²) < 4.78 is 0. The number of phenolic OH excluding ortho intramolecular Hbond substituents is 1. The van der Waals surface area contributed by atoms with E-state index in [4.69, 9.17) is 5.73 Å². The summed E-state index contributed by atoms with van der Waals surface area (Å²) in [5.41, 5.74) is 6.89. The van der Waals surface area contributed by atoms with Crippen molar-refractivity contribution in [2.75, 3.05) is 52.4 Å². The van der Waals surface area contributed by atoms with Gasteiger partial charge < -0.3 is 77.7 Å². The van der Waals surface area contributed by atoms with E-state index in [0.717, 1.165) is 4.90 Å². The van der Waals surface area contributed by atoms with E-state index in [9.17, 15) is 78.0 Å². The third-order valence-electron chi connectivity index (χ3n) is 14.3. The molecule has 4 heterocycles. The van der Waals surface area contributed by atoms with Gasteiger partial charge in [0, 0.05) is 45.4 Å². The molecule has 27 heteroatoms. The zero-order chi connectivity index (χ0) is 57.3. The summed E-state index contributed by atoms with van der Waals surface area (Å²) >= 11 is 0. The number of carbonyl (C=O) groups excluding carboxylic acids is 10. The Morgan fingerprint density at radius 3 is 1.28 bits per heavy atom. The molecule has 0 aromatic heterocycles. The second kappa shape index (κ2) is 28.4. The van der Waals surface area contributed by atoms with Crippen LogP contribution < -0.4 is 37.6 Å². The van der Waals surface area contributed by atoms with E-state index in [1.165, 1.54) is 39.0 Å². The van der Waals surface area contributed by atoms with Crippen molar-refractivity contribution in [2.45, 2.75) is 125 Å². The number of benzene rings is 2. The van der Waals surface area contributed by atoms with Gasteiger partial charge in [-0.1, -0.05) is 42.5 Å². The van der Waals surface area contributed by atoms with Gasteiger partial charge in [-0.3, -0.25) is 52.7 Å². The number of carboxylic acid groups (broad SMARTS) is 2. The van der Waals surface area contributed by atoms with Crippen molar-refractivity contribution >= 4 is 71.0 Å². The van der Waals surface area contributed by atoms with Crippen LogP contribution in [0.25, 0.3) is 0 Å². The zero-order valence-electron chi connectivity index (χ0n) is 43.5. The molecule has 0 radical (unpaired) electrons. The molecule has 79 heavy (non-hydrogen) atoms. The SMILES string of the molecule is N[C@@H](CO)C(=O)N1CCC[C@H]1C(=O)NCC(=O)N[C@@H](Cc1ccccc1)C(=O)N1CCC[C@H]1C(=O)NCC(=O)N[C@@H](CCC(=O)O)C(=O)N1CCC[C@H]1C(=O)NCC(=O)N[C@@H](Cc1ccc(O)cc1)C(=O)N1CCC[C@H]1C(=O)O. The number of carboxylic acids is 2. The predicted molar refractivity (Wildman–Crippen MR) is 275 cm³/mol. The molecular weight excluding hydrogens is 1030 g/mol. The van der Waals surface area contributed by atoms with Crippen LogP contribution in [0.3, 0.4) is 0 Å². The first kappa shape index (κ1) is 60.0. The van der Waals surface area contributed by atoms with Gasteiger partial charge in [-0.25, -0.2) is 4.79 Å². The van der Waals surface area contributed by atoms with E-state index < -0.39 is 158 Å². The van der Waals surface area contributed by atoms with E-state index in [-0.39, 0.29) is 64.0 Å². The van der Waals surface area contributed by atoms with Crippen LogP contribution in [0, 0.1) is 0 Å². The van der Waals surface area contributed by atoms with Crippen molar-refractivity contribution < 1.29 is 78.0 Å². The van der Waals surface area contributed by atoms with Crippen molar-refractivity contribution in [1.29, 1.82) is 0 Å². The number of hydrogen-bond donors (Lipinski definition) is 11. The molecule has 0 spiro atoms. The highest BCUT2D eigenvalue weighted by molar-refractivity contribution is 5.98. The topological polar surface area (TPSA) is 397 Å². The van der Waals surface area contributed by atoms with Crippen LogP contribution in [0.4, 0.5) is 0 Å². The van der Waals surface area contributed by atoms with Crippen LogP contribution >= 0.6 is 0 Å². The molecule has 0 aliphatic carbocycles. The van der Waals surface area contributed by atoms with Crippen molar-refractivity contribution in [3.63, 3.8) is 0 Å². The average molecular weight is 1100 g/mol. The molecular formula is C52H69N11O16. The molecule has 12 N–H and O–H groups in total. The number of rotatable bonds is 25. The fourth-order valence-electron chi connectivity index (χ4n) is 10.3. The largest absolute Gasteiger partial charge is 0.508 e. The van der Waals surface area contributed by atoms with E-state index in [1.807, 2.05) is 0 Å². The maximum atomic E-state index is 14.2. The molecule has 4 aliphatic heterocycles. The van der Waals surface area contributed by atoms with Crippen LogP contribution in [0.5, 0.6) is 5.75 Å². The van der Waals surface area contributed by atoms with Crippen LogP contribution in [0.2, 0.25) is 0 Å². The lowest BCUT2D eigenvalue weighted by Crippen LogP contribution is -2.57. The summed E-state index contributed by atoms with van der Waals surface area (Å²) in [6, 6.07) is 5.12. The van der Waals surface area contributed by atoms with Crippen LogP contribution in [0.1, 0.15) is 75.3 Å². The van der Waals surface area contributed by atoms with Crippen LogP contribution in [-0.4, -0.2) is 212 Å². The normalized spacial score (nSPS) is 20.3. The summed E-state index contributed by atoms with van der Waals surface area (Å²) in [6.45, 7) is -2.02. The van der Waals surface area contributed by atoms with Gasteiger partial charge in [0.1, 0.15) is 54.1 Å². The van der Waals surface area contributed by atoms with E-state index in [1.54, 1.807) is 30.3 Å². The van der Waals surface area contributed by atoms with Crippen molar-refractivity contribution in [2.24, 2.45) is 5.73 Å². The molecule has 2 aromatic rings. The van der Waals surface area contributed by atoms with Gasteiger partial charge in [0.2, 0.25) is 59.1 Å². The predicted octanol–water partition coefficient (Wildman–Crippen LogP) is -3.79.